The molecule has 0 radical (unpaired) electrons. The van der Waals surface area contributed by atoms with Crippen molar-refractivity contribution in [3.05, 3.63) is 53.8 Å². The third kappa shape index (κ3) is 2.67. The number of amides is 1. The van der Waals surface area contributed by atoms with Gasteiger partial charge in [0.1, 0.15) is 5.76 Å². The van der Waals surface area contributed by atoms with Gasteiger partial charge in [-0.05, 0) is 23.3 Å². The Morgan fingerprint density at radius 2 is 1.95 bits per heavy atom. The van der Waals surface area contributed by atoms with Crippen LogP contribution >= 0.6 is 0 Å². The summed E-state index contributed by atoms with van der Waals surface area (Å²) >= 11 is 0. The smallest absolute Gasteiger partial charge is 0.323 e. The molecule has 5 heteroatoms. The highest BCUT2D eigenvalue weighted by atomic mass is 16.5. The Kier molecular flexibility index (Phi) is 4.12. The van der Waals surface area contributed by atoms with Crippen LogP contribution in [0.2, 0.25) is 0 Å². The van der Waals surface area contributed by atoms with E-state index in [1.807, 2.05) is 30.3 Å². The van der Waals surface area contributed by atoms with Crippen LogP contribution in [0.3, 0.4) is 0 Å². The molecule has 0 saturated heterocycles. The highest BCUT2D eigenvalue weighted by molar-refractivity contribution is 6.06. The van der Waals surface area contributed by atoms with Gasteiger partial charge in [-0.2, -0.15) is 0 Å². The van der Waals surface area contributed by atoms with Crippen LogP contribution in [0.5, 0.6) is 0 Å². The Morgan fingerprint density at radius 3 is 2.48 bits per heavy atom. The first kappa shape index (κ1) is 14.8. The molecule has 1 atom stereocenters. The molecular formula is C16H17NO4. The van der Waals surface area contributed by atoms with E-state index in [0.29, 0.717) is 5.76 Å². The molecule has 1 aliphatic carbocycles. The first-order valence-electron chi connectivity index (χ1n) is 6.52. The van der Waals surface area contributed by atoms with E-state index in [-0.39, 0.29) is 6.42 Å². The Labute approximate surface area is 122 Å². The van der Waals surface area contributed by atoms with E-state index in [4.69, 9.17) is 4.74 Å². The summed E-state index contributed by atoms with van der Waals surface area (Å²) in [5.74, 6) is -1.39. The number of carbonyl (C=O) groups is 2. The fourth-order valence-electron chi connectivity index (χ4n) is 2.42. The lowest BCUT2D eigenvalue weighted by atomic mass is 9.75. The van der Waals surface area contributed by atoms with Gasteiger partial charge in [0.2, 0.25) is 5.91 Å². The second-order valence-corrected chi connectivity index (χ2v) is 4.82. The summed E-state index contributed by atoms with van der Waals surface area (Å²) in [7, 11) is 2.88. The van der Waals surface area contributed by atoms with Gasteiger partial charge >= 0.3 is 5.97 Å². The van der Waals surface area contributed by atoms with Gasteiger partial charge in [-0.3, -0.25) is 9.59 Å². The minimum atomic E-state index is -1.65. The summed E-state index contributed by atoms with van der Waals surface area (Å²) < 4.78 is 5.18. The highest BCUT2D eigenvalue weighted by Crippen LogP contribution is 2.39. The lowest BCUT2D eigenvalue weighted by Gasteiger charge is -2.29. The van der Waals surface area contributed by atoms with Crippen molar-refractivity contribution in [2.45, 2.75) is 6.42 Å². The SMILES string of the molecule is CNC(=O)C1(C(=O)O)C=C(OC)C=C(c2ccccc2)C1. The minimum absolute atomic E-state index is 0.0822. The zero-order valence-corrected chi connectivity index (χ0v) is 11.9. The Balaban J connectivity index is 2.53. The highest BCUT2D eigenvalue weighted by Gasteiger charge is 2.46. The molecule has 1 aliphatic rings. The maximum absolute atomic E-state index is 12.1. The number of nitrogens with one attached hydrogen (secondary N) is 1. The quantitative estimate of drug-likeness (QED) is 0.828. The number of carboxylic acid groups (broad SMARTS) is 1. The number of allylic oxidation sites excluding steroid dienone is 2. The normalized spacial score (nSPS) is 21.0. The van der Waals surface area contributed by atoms with E-state index in [1.165, 1.54) is 20.2 Å². The van der Waals surface area contributed by atoms with Crippen LogP contribution in [0, 0.1) is 5.41 Å². The van der Waals surface area contributed by atoms with Crippen molar-refractivity contribution in [2.24, 2.45) is 5.41 Å². The number of rotatable bonds is 4. The van der Waals surface area contributed by atoms with Crippen molar-refractivity contribution in [1.29, 1.82) is 0 Å². The molecule has 2 rings (SSSR count). The summed E-state index contributed by atoms with van der Waals surface area (Å²) in [4.78, 5) is 23.9. The number of hydrogen-bond donors (Lipinski definition) is 2. The topological polar surface area (TPSA) is 75.6 Å². The maximum atomic E-state index is 12.1. The van der Waals surface area contributed by atoms with Gasteiger partial charge in [-0.15, -0.1) is 0 Å². The first-order valence-corrected chi connectivity index (χ1v) is 6.52. The zero-order chi connectivity index (χ0) is 15.5. The van der Waals surface area contributed by atoms with Crippen LogP contribution in [-0.4, -0.2) is 31.1 Å². The maximum Gasteiger partial charge on any atom is 0.323 e. The van der Waals surface area contributed by atoms with Crippen molar-refractivity contribution in [3.63, 3.8) is 0 Å². The van der Waals surface area contributed by atoms with Crippen molar-refractivity contribution in [3.8, 4) is 0 Å². The van der Waals surface area contributed by atoms with Crippen molar-refractivity contribution in [2.75, 3.05) is 14.2 Å². The average Bonchev–Trinajstić information content (AvgIpc) is 2.54. The molecule has 110 valence electrons. The number of carboxylic acids is 1. The van der Waals surface area contributed by atoms with E-state index >= 15 is 0 Å². The Bertz CT molecular complexity index is 618. The van der Waals surface area contributed by atoms with E-state index in [1.54, 1.807) is 6.08 Å². The molecule has 5 nitrogen and oxygen atoms in total. The lowest BCUT2D eigenvalue weighted by molar-refractivity contribution is -0.152. The van der Waals surface area contributed by atoms with Gasteiger partial charge < -0.3 is 15.2 Å². The molecule has 0 aromatic heterocycles. The van der Waals surface area contributed by atoms with E-state index in [9.17, 15) is 14.7 Å². The van der Waals surface area contributed by atoms with Crippen LogP contribution in [0.25, 0.3) is 5.57 Å². The zero-order valence-electron chi connectivity index (χ0n) is 11.9. The van der Waals surface area contributed by atoms with Gasteiger partial charge in [0.25, 0.3) is 0 Å². The van der Waals surface area contributed by atoms with E-state index in [2.05, 4.69) is 5.32 Å². The van der Waals surface area contributed by atoms with Crippen molar-refractivity contribution < 1.29 is 19.4 Å². The average molecular weight is 287 g/mol. The van der Waals surface area contributed by atoms with Gasteiger partial charge in [0.15, 0.2) is 5.41 Å². The second kappa shape index (κ2) is 5.83. The summed E-state index contributed by atoms with van der Waals surface area (Å²) in [6.07, 6.45) is 3.21. The third-order valence-corrected chi connectivity index (χ3v) is 3.57. The molecule has 21 heavy (non-hydrogen) atoms. The summed E-state index contributed by atoms with van der Waals surface area (Å²) in [5, 5.41) is 12.0. The summed E-state index contributed by atoms with van der Waals surface area (Å²) in [6, 6.07) is 9.36. The lowest BCUT2D eigenvalue weighted by Crippen LogP contribution is -2.45. The van der Waals surface area contributed by atoms with Crippen LogP contribution in [0.15, 0.2) is 48.2 Å². The summed E-state index contributed by atoms with van der Waals surface area (Å²) in [6.45, 7) is 0. The monoisotopic (exact) mass is 287 g/mol. The largest absolute Gasteiger partial charge is 0.497 e. The van der Waals surface area contributed by atoms with Gasteiger partial charge in [0.05, 0.1) is 7.11 Å². The fraction of sp³-hybridized carbons (Fsp3) is 0.250. The number of carbonyl (C=O) groups excluding carboxylic acids is 1. The van der Waals surface area contributed by atoms with E-state index in [0.717, 1.165) is 11.1 Å². The van der Waals surface area contributed by atoms with Crippen molar-refractivity contribution in [1.82, 2.24) is 5.32 Å². The molecule has 1 aromatic rings. The Hall–Kier alpha value is -2.56. The molecule has 1 unspecified atom stereocenters. The number of ether oxygens (including phenoxy) is 1. The van der Waals surface area contributed by atoms with Gasteiger partial charge in [0, 0.05) is 13.5 Å². The first-order chi connectivity index (χ1) is 10.0. The second-order valence-electron chi connectivity index (χ2n) is 4.82. The molecule has 1 amide bonds. The van der Waals surface area contributed by atoms with Crippen LogP contribution in [0.1, 0.15) is 12.0 Å². The Morgan fingerprint density at radius 1 is 1.29 bits per heavy atom. The predicted molar refractivity (Wildman–Crippen MR) is 78.3 cm³/mol. The van der Waals surface area contributed by atoms with Crippen LogP contribution in [0.4, 0.5) is 0 Å². The van der Waals surface area contributed by atoms with Crippen LogP contribution < -0.4 is 5.32 Å². The number of methoxy groups -OCH3 is 1. The number of benzene rings is 1. The van der Waals surface area contributed by atoms with Gasteiger partial charge in [-0.1, -0.05) is 30.3 Å². The predicted octanol–water partition coefficient (Wildman–Crippen LogP) is 1.82. The molecule has 0 spiro atoms. The van der Waals surface area contributed by atoms with Gasteiger partial charge in [-0.25, -0.2) is 0 Å². The summed E-state index contributed by atoms with van der Waals surface area (Å²) in [5.41, 5.74) is -0.0318. The third-order valence-electron chi connectivity index (χ3n) is 3.57. The molecule has 1 aromatic carbocycles. The minimum Gasteiger partial charge on any atom is -0.497 e. The van der Waals surface area contributed by atoms with Crippen LogP contribution in [-0.2, 0) is 14.3 Å². The molecular weight excluding hydrogens is 270 g/mol. The fourth-order valence-corrected chi connectivity index (χ4v) is 2.42. The number of aliphatic carboxylic acids is 1. The molecule has 0 saturated carbocycles. The molecule has 0 aliphatic heterocycles. The molecule has 2 N–H and O–H groups in total. The van der Waals surface area contributed by atoms with Crippen molar-refractivity contribution >= 4 is 17.4 Å². The standard InChI is InChI=1S/C16H17NO4/c1-17-14(18)16(15(19)20)9-12(8-13(10-16)21-2)11-6-4-3-5-7-11/h3-8,10H,9H2,1-2H3,(H,17,18)(H,19,20). The molecule has 0 heterocycles. The molecule has 0 fully saturated rings. The number of hydrogen-bond acceptors (Lipinski definition) is 3. The van der Waals surface area contributed by atoms with E-state index < -0.39 is 17.3 Å². The molecule has 0 bridgehead atoms.